The van der Waals surface area contributed by atoms with Crippen LogP contribution < -0.4 is 0 Å². The Labute approximate surface area is 80.4 Å². The van der Waals surface area contributed by atoms with Crippen LogP contribution >= 0.6 is 0 Å². The van der Waals surface area contributed by atoms with Crippen molar-refractivity contribution in [2.45, 2.75) is 33.4 Å². The van der Waals surface area contributed by atoms with Gasteiger partial charge in [-0.3, -0.25) is 4.90 Å². The fourth-order valence-corrected chi connectivity index (χ4v) is 2.07. The van der Waals surface area contributed by atoms with E-state index in [9.17, 15) is 0 Å². The van der Waals surface area contributed by atoms with E-state index in [4.69, 9.17) is 0 Å². The van der Waals surface area contributed by atoms with E-state index in [1.165, 1.54) is 29.7 Å². The highest BCUT2D eigenvalue weighted by Crippen LogP contribution is 2.23. The van der Waals surface area contributed by atoms with E-state index in [0.717, 1.165) is 13.1 Å². The molecule has 0 unspecified atom stereocenters. The molecule has 1 heterocycles. The van der Waals surface area contributed by atoms with Gasteiger partial charge in [-0.1, -0.05) is 30.7 Å². The molecular weight excluding hydrogens is 158 g/mol. The maximum Gasteiger partial charge on any atom is 0.0240 e. The molecule has 1 aromatic rings. The van der Waals surface area contributed by atoms with E-state index in [0.29, 0.717) is 0 Å². The van der Waals surface area contributed by atoms with Gasteiger partial charge in [0.1, 0.15) is 0 Å². The van der Waals surface area contributed by atoms with Gasteiger partial charge >= 0.3 is 0 Å². The van der Waals surface area contributed by atoms with Crippen molar-refractivity contribution in [1.29, 1.82) is 0 Å². The van der Waals surface area contributed by atoms with Crippen molar-refractivity contribution in [3.63, 3.8) is 0 Å². The Hall–Kier alpha value is -0.820. The molecule has 0 N–H and O–H groups in total. The summed E-state index contributed by atoms with van der Waals surface area (Å²) in [7, 11) is 0. The quantitative estimate of drug-likeness (QED) is 0.668. The molecule has 0 atom stereocenters. The van der Waals surface area contributed by atoms with Crippen LogP contribution in [0.5, 0.6) is 0 Å². The van der Waals surface area contributed by atoms with E-state index in [-0.39, 0.29) is 0 Å². The Morgan fingerprint density at radius 3 is 2.77 bits per heavy atom. The standard InChI is InChI=1S/C12H17N/c1-3-6-13-8-11-5-4-10(2)7-12(11)9-13/h4-5,7H,3,6,8-9H2,1-2H3. The molecule has 1 nitrogen and oxygen atoms in total. The van der Waals surface area contributed by atoms with Crippen LogP contribution in [-0.2, 0) is 13.1 Å². The number of hydrogen-bond donors (Lipinski definition) is 0. The van der Waals surface area contributed by atoms with Crippen molar-refractivity contribution < 1.29 is 0 Å². The molecule has 1 aliphatic heterocycles. The summed E-state index contributed by atoms with van der Waals surface area (Å²) < 4.78 is 0. The van der Waals surface area contributed by atoms with Crippen molar-refractivity contribution in [1.82, 2.24) is 4.90 Å². The predicted molar refractivity (Wildman–Crippen MR) is 55.6 cm³/mol. The average Bonchev–Trinajstić information content (AvgIpc) is 2.46. The molecule has 13 heavy (non-hydrogen) atoms. The molecule has 1 aromatic carbocycles. The highest BCUT2D eigenvalue weighted by molar-refractivity contribution is 5.34. The molecular formula is C12H17N. The summed E-state index contributed by atoms with van der Waals surface area (Å²) in [5.74, 6) is 0. The van der Waals surface area contributed by atoms with Gasteiger partial charge in [-0.15, -0.1) is 0 Å². The van der Waals surface area contributed by atoms with Gasteiger partial charge in [-0.25, -0.2) is 0 Å². The van der Waals surface area contributed by atoms with Crippen LogP contribution in [0, 0.1) is 6.92 Å². The van der Waals surface area contributed by atoms with E-state index >= 15 is 0 Å². The normalized spacial score (nSPS) is 16.2. The maximum atomic E-state index is 2.52. The average molecular weight is 175 g/mol. The molecule has 0 fully saturated rings. The third-order valence-corrected chi connectivity index (χ3v) is 2.69. The first-order valence-electron chi connectivity index (χ1n) is 5.10. The number of hydrogen-bond acceptors (Lipinski definition) is 1. The Morgan fingerprint density at radius 1 is 1.23 bits per heavy atom. The number of fused-ring (bicyclic) bond motifs is 1. The molecule has 2 rings (SSSR count). The van der Waals surface area contributed by atoms with Crippen LogP contribution in [0.15, 0.2) is 18.2 Å². The Kier molecular flexibility index (Phi) is 2.36. The smallest absolute Gasteiger partial charge is 0.0240 e. The zero-order valence-corrected chi connectivity index (χ0v) is 8.51. The Morgan fingerprint density at radius 2 is 2.00 bits per heavy atom. The predicted octanol–water partition coefficient (Wildman–Crippen LogP) is 2.72. The second-order valence-corrected chi connectivity index (χ2v) is 3.98. The fourth-order valence-electron chi connectivity index (χ4n) is 2.07. The van der Waals surface area contributed by atoms with Crippen LogP contribution in [0.4, 0.5) is 0 Å². The van der Waals surface area contributed by atoms with Gasteiger partial charge in [-0.05, 0) is 31.0 Å². The fraction of sp³-hybridized carbons (Fsp3) is 0.500. The van der Waals surface area contributed by atoms with Crippen molar-refractivity contribution in [2.24, 2.45) is 0 Å². The molecule has 0 bridgehead atoms. The minimum Gasteiger partial charge on any atom is -0.295 e. The van der Waals surface area contributed by atoms with Crippen molar-refractivity contribution in [3.05, 3.63) is 34.9 Å². The molecule has 0 amide bonds. The lowest BCUT2D eigenvalue weighted by Gasteiger charge is -2.11. The first-order valence-corrected chi connectivity index (χ1v) is 5.10. The van der Waals surface area contributed by atoms with Gasteiger partial charge in [-0.2, -0.15) is 0 Å². The lowest BCUT2D eigenvalue weighted by Crippen LogP contribution is -2.16. The van der Waals surface area contributed by atoms with Gasteiger partial charge in [0, 0.05) is 13.1 Å². The van der Waals surface area contributed by atoms with Crippen LogP contribution in [0.1, 0.15) is 30.0 Å². The van der Waals surface area contributed by atoms with Gasteiger partial charge in [0.15, 0.2) is 0 Å². The van der Waals surface area contributed by atoms with Gasteiger partial charge < -0.3 is 0 Å². The van der Waals surface area contributed by atoms with Crippen molar-refractivity contribution >= 4 is 0 Å². The van der Waals surface area contributed by atoms with Crippen LogP contribution in [0.25, 0.3) is 0 Å². The molecule has 0 radical (unpaired) electrons. The summed E-state index contributed by atoms with van der Waals surface area (Å²) in [5, 5.41) is 0. The van der Waals surface area contributed by atoms with Crippen LogP contribution in [-0.4, -0.2) is 11.4 Å². The summed E-state index contributed by atoms with van der Waals surface area (Å²) >= 11 is 0. The minimum atomic E-state index is 1.16. The first-order chi connectivity index (χ1) is 6.29. The summed E-state index contributed by atoms with van der Waals surface area (Å²) in [6, 6.07) is 6.82. The Balaban J connectivity index is 2.16. The summed E-state index contributed by atoms with van der Waals surface area (Å²) in [5.41, 5.74) is 4.45. The number of benzene rings is 1. The van der Waals surface area contributed by atoms with Gasteiger partial charge in [0.05, 0.1) is 0 Å². The number of nitrogens with zero attached hydrogens (tertiary/aromatic N) is 1. The SMILES string of the molecule is CCCN1Cc2ccc(C)cc2C1. The summed E-state index contributed by atoms with van der Waals surface area (Å²) in [6.45, 7) is 7.96. The molecule has 0 aromatic heterocycles. The summed E-state index contributed by atoms with van der Waals surface area (Å²) in [4.78, 5) is 2.52. The molecule has 0 aliphatic carbocycles. The van der Waals surface area contributed by atoms with Crippen LogP contribution in [0.2, 0.25) is 0 Å². The van der Waals surface area contributed by atoms with Gasteiger partial charge in [0.2, 0.25) is 0 Å². The third kappa shape index (κ3) is 1.75. The molecule has 0 saturated carbocycles. The number of aryl methyl sites for hydroxylation is 1. The Bertz CT molecular complexity index is 304. The lowest BCUT2D eigenvalue weighted by atomic mass is 10.1. The van der Waals surface area contributed by atoms with Gasteiger partial charge in [0.25, 0.3) is 0 Å². The summed E-state index contributed by atoms with van der Waals surface area (Å²) in [6.07, 6.45) is 1.26. The van der Waals surface area contributed by atoms with E-state index < -0.39 is 0 Å². The zero-order chi connectivity index (χ0) is 9.26. The van der Waals surface area contributed by atoms with Crippen molar-refractivity contribution in [3.8, 4) is 0 Å². The van der Waals surface area contributed by atoms with Crippen molar-refractivity contribution in [2.75, 3.05) is 6.54 Å². The van der Waals surface area contributed by atoms with E-state index in [1.807, 2.05) is 0 Å². The molecule has 1 aliphatic rings. The lowest BCUT2D eigenvalue weighted by molar-refractivity contribution is 0.285. The second-order valence-electron chi connectivity index (χ2n) is 3.98. The highest BCUT2D eigenvalue weighted by atomic mass is 15.1. The van der Waals surface area contributed by atoms with Crippen LogP contribution in [0.3, 0.4) is 0 Å². The zero-order valence-electron chi connectivity index (χ0n) is 8.51. The second kappa shape index (κ2) is 3.51. The highest BCUT2D eigenvalue weighted by Gasteiger charge is 2.17. The topological polar surface area (TPSA) is 3.24 Å². The monoisotopic (exact) mass is 175 g/mol. The minimum absolute atomic E-state index is 1.16. The van der Waals surface area contributed by atoms with E-state index in [1.54, 1.807) is 0 Å². The molecule has 0 spiro atoms. The third-order valence-electron chi connectivity index (χ3n) is 2.69. The maximum absolute atomic E-state index is 2.52. The van der Waals surface area contributed by atoms with E-state index in [2.05, 4.69) is 36.9 Å². The molecule has 70 valence electrons. The largest absolute Gasteiger partial charge is 0.295 e. The molecule has 1 heteroatoms. The molecule has 0 saturated heterocycles. The number of rotatable bonds is 2. The first kappa shape index (κ1) is 8.76.